The standard InChI is InChI=1S/C23H24N2O3/c1-15-7-5-10-21(25-23(26)27-4)19(15)14-28-22-12-11-18(13-16(22)2)20-9-6-8-17(3)24-20/h5-13H,14H2,1-4H3,(H,25,26). The van der Waals surface area contributed by atoms with Crippen LogP contribution < -0.4 is 10.1 Å². The second-order valence-corrected chi connectivity index (χ2v) is 6.65. The zero-order chi connectivity index (χ0) is 20.1. The lowest BCUT2D eigenvalue weighted by Crippen LogP contribution is -2.14. The summed E-state index contributed by atoms with van der Waals surface area (Å²) in [5.41, 5.74) is 6.64. The molecule has 0 aliphatic carbocycles. The van der Waals surface area contributed by atoms with Crippen molar-refractivity contribution in [3.05, 3.63) is 77.0 Å². The Morgan fingerprint density at radius 1 is 1.00 bits per heavy atom. The van der Waals surface area contributed by atoms with Crippen molar-refractivity contribution in [3.63, 3.8) is 0 Å². The van der Waals surface area contributed by atoms with Gasteiger partial charge in [0, 0.05) is 16.8 Å². The maximum absolute atomic E-state index is 11.6. The van der Waals surface area contributed by atoms with E-state index in [1.54, 1.807) is 0 Å². The van der Waals surface area contributed by atoms with Gasteiger partial charge in [-0.15, -0.1) is 0 Å². The lowest BCUT2D eigenvalue weighted by atomic mass is 10.1. The summed E-state index contributed by atoms with van der Waals surface area (Å²) in [6.45, 7) is 6.32. The maximum Gasteiger partial charge on any atom is 0.411 e. The van der Waals surface area contributed by atoms with Crippen LogP contribution in [0.4, 0.5) is 10.5 Å². The first kappa shape index (κ1) is 19.4. The number of rotatable bonds is 5. The van der Waals surface area contributed by atoms with Gasteiger partial charge in [-0.05, 0) is 68.3 Å². The van der Waals surface area contributed by atoms with Crippen LogP contribution in [-0.4, -0.2) is 18.2 Å². The molecule has 5 nitrogen and oxygen atoms in total. The molecule has 1 N–H and O–H groups in total. The van der Waals surface area contributed by atoms with Crippen LogP contribution in [-0.2, 0) is 11.3 Å². The van der Waals surface area contributed by atoms with E-state index in [2.05, 4.69) is 16.4 Å². The third-order valence-corrected chi connectivity index (χ3v) is 4.56. The van der Waals surface area contributed by atoms with Gasteiger partial charge in [0.25, 0.3) is 0 Å². The van der Waals surface area contributed by atoms with Crippen molar-refractivity contribution in [2.45, 2.75) is 27.4 Å². The Hall–Kier alpha value is -3.34. The van der Waals surface area contributed by atoms with E-state index in [0.29, 0.717) is 12.3 Å². The topological polar surface area (TPSA) is 60.5 Å². The van der Waals surface area contributed by atoms with Crippen molar-refractivity contribution < 1.29 is 14.3 Å². The third-order valence-electron chi connectivity index (χ3n) is 4.56. The Balaban J connectivity index is 1.79. The van der Waals surface area contributed by atoms with Crippen molar-refractivity contribution in [2.75, 3.05) is 12.4 Å². The number of methoxy groups -OCH3 is 1. The molecule has 3 aromatic rings. The summed E-state index contributed by atoms with van der Waals surface area (Å²) in [6.07, 6.45) is -0.502. The molecule has 2 aromatic carbocycles. The molecule has 0 aliphatic heterocycles. The van der Waals surface area contributed by atoms with Crippen molar-refractivity contribution in [3.8, 4) is 17.0 Å². The summed E-state index contributed by atoms with van der Waals surface area (Å²) < 4.78 is 10.8. The number of benzene rings is 2. The Kier molecular flexibility index (Phi) is 5.94. The number of hydrogen-bond donors (Lipinski definition) is 1. The summed E-state index contributed by atoms with van der Waals surface area (Å²) in [5, 5.41) is 2.74. The molecule has 1 amide bonds. The largest absolute Gasteiger partial charge is 0.489 e. The van der Waals surface area contributed by atoms with Gasteiger partial charge in [0.15, 0.2) is 0 Å². The number of anilines is 1. The van der Waals surface area contributed by atoms with Gasteiger partial charge in [0.2, 0.25) is 0 Å². The van der Waals surface area contributed by atoms with Gasteiger partial charge in [0.1, 0.15) is 12.4 Å². The van der Waals surface area contributed by atoms with E-state index in [0.717, 1.165) is 39.4 Å². The average Bonchev–Trinajstić information content (AvgIpc) is 2.68. The van der Waals surface area contributed by atoms with Crippen LogP contribution in [0.3, 0.4) is 0 Å². The van der Waals surface area contributed by atoms with Crippen LogP contribution in [0.15, 0.2) is 54.6 Å². The maximum atomic E-state index is 11.6. The fourth-order valence-electron chi connectivity index (χ4n) is 3.00. The van der Waals surface area contributed by atoms with Gasteiger partial charge < -0.3 is 9.47 Å². The van der Waals surface area contributed by atoms with Gasteiger partial charge in [-0.1, -0.05) is 18.2 Å². The number of hydrogen-bond acceptors (Lipinski definition) is 4. The monoisotopic (exact) mass is 376 g/mol. The predicted octanol–water partition coefficient (Wildman–Crippen LogP) is 5.43. The van der Waals surface area contributed by atoms with Crippen LogP contribution in [0.5, 0.6) is 5.75 Å². The molecule has 0 bridgehead atoms. The van der Waals surface area contributed by atoms with Crippen molar-refractivity contribution in [1.29, 1.82) is 0 Å². The molecular weight excluding hydrogens is 352 g/mol. The summed E-state index contributed by atoms with van der Waals surface area (Å²) in [4.78, 5) is 16.2. The second kappa shape index (κ2) is 8.57. The Morgan fingerprint density at radius 2 is 1.79 bits per heavy atom. The molecule has 1 heterocycles. The number of nitrogens with zero attached hydrogens (tertiary/aromatic N) is 1. The number of aromatic nitrogens is 1. The van der Waals surface area contributed by atoms with E-state index in [1.807, 2.05) is 69.3 Å². The van der Waals surface area contributed by atoms with E-state index < -0.39 is 6.09 Å². The highest BCUT2D eigenvalue weighted by atomic mass is 16.5. The van der Waals surface area contributed by atoms with E-state index >= 15 is 0 Å². The molecule has 28 heavy (non-hydrogen) atoms. The fraction of sp³-hybridized carbons (Fsp3) is 0.217. The van der Waals surface area contributed by atoms with Gasteiger partial charge in [0.05, 0.1) is 18.5 Å². The van der Waals surface area contributed by atoms with E-state index in [-0.39, 0.29) is 0 Å². The fourth-order valence-corrected chi connectivity index (χ4v) is 3.00. The number of aryl methyl sites for hydroxylation is 3. The number of carbonyl (C=O) groups is 1. The minimum Gasteiger partial charge on any atom is -0.489 e. The molecule has 0 atom stereocenters. The highest BCUT2D eigenvalue weighted by molar-refractivity contribution is 5.85. The first-order valence-electron chi connectivity index (χ1n) is 9.09. The van der Waals surface area contributed by atoms with E-state index in [1.165, 1.54) is 7.11 Å². The van der Waals surface area contributed by atoms with Crippen LogP contribution >= 0.6 is 0 Å². The molecule has 0 saturated heterocycles. The van der Waals surface area contributed by atoms with Crippen LogP contribution in [0.25, 0.3) is 11.3 Å². The number of ether oxygens (including phenoxy) is 2. The predicted molar refractivity (Wildman–Crippen MR) is 111 cm³/mol. The molecule has 144 valence electrons. The van der Waals surface area contributed by atoms with Crippen molar-refractivity contribution in [2.24, 2.45) is 0 Å². The van der Waals surface area contributed by atoms with Crippen LogP contribution in [0.2, 0.25) is 0 Å². The summed E-state index contributed by atoms with van der Waals surface area (Å²) in [7, 11) is 1.34. The highest BCUT2D eigenvalue weighted by Gasteiger charge is 2.11. The molecule has 5 heteroatoms. The molecule has 1 aromatic heterocycles. The normalized spacial score (nSPS) is 10.4. The summed E-state index contributed by atoms with van der Waals surface area (Å²) in [5.74, 6) is 0.795. The second-order valence-electron chi connectivity index (χ2n) is 6.65. The van der Waals surface area contributed by atoms with Crippen molar-refractivity contribution >= 4 is 11.8 Å². The first-order chi connectivity index (χ1) is 13.5. The lowest BCUT2D eigenvalue weighted by Gasteiger charge is -2.15. The number of nitrogens with one attached hydrogen (secondary N) is 1. The van der Waals surface area contributed by atoms with Crippen LogP contribution in [0, 0.1) is 20.8 Å². The van der Waals surface area contributed by atoms with Gasteiger partial charge in [-0.3, -0.25) is 10.3 Å². The number of carbonyl (C=O) groups excluding carboxylic acids is 1. The summed E-state index contributed by atoms with van der Waals surface area (Å²) in [6, 6.07) is 17.7. The minimum atomic E-state index is -0.502. The molecule has 0 saturated carbocycles. The molecule has 0 unspecified atom stereocenters. The third kappa shape index (κ3) is 4.49. The zero-order valence-corrected chi connectivity index (χ0v) is 16.6. The van der Waals surface area contributed by atoms with Gasteiger partial charge >= 0.3 is 6.09 Å². The van der Waals surface area contributed by atoms with E-state index in [4.69, 9.17) is 9.47 Å². The summed E-state index contributed by atoms with van der Waals surface area (Å²) >= 11 is 0. The Morgan fingerprint density at radius 3 is 2.50 bits per heavy atom. The van der Waals surface area contributed by atoms with E-state index in [9.17, 15) is 4.79 Å². The Bertz CT molecular complexity index is 999. The number of pyridine rings is 1. The molecule has 0 aliphatic rings. The quantitative estimate of drug-likeness (QED) is 0.645. The Labute approximate surface area is 165 Å². The molecule has 0 radical (unpaired) electrons. The molecule has 0 fully saturated rings. The zero-order valence-electron chi connectivity index (χ0n) is 16.6. The molecular formula is C23H24N2O3. The van der Waals surface area contributed by atoms with Crippen LogP contribution in [0.1, 0.15) is 22.4 Å². The molecule has 0 spiro atoms. The SMILES string of the molecule is COC(=O)Nc1cccc(C)c1COc1ccc(-c2cccc(C)n2)cc1C. The molecule has 3 rings (SSSR count). The van der Waals surface area contributed by atoms with Crippen molar-refractivity contribution in [1.82, 2.24) is 4.98 Å². The van der Waals surface area contributed by atoms with Gasteiger partial charge in [-0.2, -0.15) is 0 Å². The average molecular weight is 376 g/mol. The smallest absolute Gasteiger partial charge is 0.411 e. The minimum absolute atomic E-state index is 0.342. The lowest BCUT2D eigenvalue weighted by molar-refractivity contribution is 0.187. The number of amides is 1. The van der Waals surface area contributed by atoms with Gasteiger partial charge in [-0.25, -0.2) is 4.79 Å². The first-order valence-corrected chi connectivity index (χ1v) is 9.09. The highest BCUT2D eigenvalue weighted by Crippen LogP contribution is 2.27.